The number of aromatic nitrogens is 3. The van der Waals surface area contributed by atoms with Crippen LogP contribution in [-0.2, 0) is 4.79 Å². The highest BCUT2D eigenvalue weighted by molar-refractivity contribution is 5.99. The molecular formula is C11H12N4O3. The van der Waals surface area contributed by atoms with E-state index in [1.807, 2.05) is 0 Å². The molecule has 94 valence electrons. The highest BCUT2D eigenvalue weighted by Gasteiger charge is 2.29. The number of nitrogens with one attached hydrogen (secondary N) is 2. The van der Waals surface area contributed by atoms with Gasteiger partial charge in [0.25, 0.3) is 5.91 Å². The van der Waals surface area contributed by atoms with E-state index in [9.17, 15) is 9.59 Å². The number of aliphatic carboxylic acids is 1. The highest BCUT2D eigenvalue weighted by Crippen LogP contribution is 2.12. The zero-order valence-electron chi connectivity index (χ0n) is 9.89. The van der Waals surface area contributed by atoms with Gasteiger partial charge in [-0.25, -0.2) is 4.79 Å². The number of rotatable bonds is 3. The number of carboxylic acids is 1. The van der Waals surface area contributed by atoms with Crippen molar-refractivity contribution in [1.82, 2.24) is 20.7 Å². The number of carboxylic acid groups (broad SMARTS) is 1. The Labute approximate surface area is 102 Å². The van der Waals surface area contributed by atoms with E-state index >= 15 is 0 Å². The fourth-order valence-electron chi connectivity index (χ4n) is 1.39. The third-order valence-electron chi connectivity index (χ3n) is 2.54. The summed E-state index contributed by atoms with van der Waals surface area (Å²) in [6.07, 6.45) is 0. The Morgan fingerprint density at radius 2 is 1.94 bits per heavy atom. The van der Waals surface area contributed by atoms with Crippen LogP contribution in [0.2, 0.25) is 0 Å². The minimum Gasteiger partial charge on any atom is -0.480 e. The number of carbonyl (C=O) groups excluding carboxylic acids is 1. The van der Waals surface area contributed by atoms with E-state index in [-0.39, 0.29) is 0 Å². The van der Waals surface area contributed by atoms with Gasteiger partial charge in [-0.2, -0.15) is 15.4 Å². The summed E-state index contributed by atoms with van der Waals surface area (Å²) in [7, 11) is 0. The normalized spacial score (nSPS) is 11.4. The zero-order valence-corrected chi connectivity index (χ0v) is 9.89. The van der Waals surface area contributed by atoms with Gasteiger partial charge in [0.2, 0.25) is 0 Å². The minimum absolute atomic E-state index is 0.339. The largest absolute Gasteiger partial charge is 0.480 e. The zero-order chi connectivity index (χ0) is 13.3. The number of fused-ring (bicyclic) bond motifs is 1. The molecule has 0 fully saturated rings. The van der Waals surface area contributed by atoms with Gasteiger partial charge in [0.15, 0.2) is 0 Å². The average molecular weight is 248 g/mol. The number of benzene rings is 1. The summed E-state index contributed by atoms with van der Waals surface area (Å²) in [4.78, 5) is 22.8. The molecule has 0 unspecified atom stereocenters. The first kappa shape index (κ1) is 12.0. The maximum absolute atomic E-state index is 11.9. The van der Waals surface area contributed by atoms with Crippen molar-refractivity contribution in [2.75, 3.05) is 0 Å². The van der Waals surface area contributed by atoms with Crippen LogP contribution in [0, 0.1) is 0 Å². The van der Waals surface area contributed by atoms with Crippen molar-refractivity contribution < 1.29 is 14.7 Å². The number of hydrogen-bond donors (Lipinski definition) is 3. The van der Waals surface area contributed by atoms with Crippen molar-refractivity contribution in [2.24, 2.45) is 0 Å². The second kappa shape index (κ2) is 4.10. The van der Waals surface area contributed by atoms with Crippen LogP contribution in [-0.4, -0.2) is 37.9 Å². The summed E-state index contributed by atoms with van der Waals surface area (Å²) in [6.45, 7) is 2.84. The van der Waals surface area contributed by atoms with Crippen LogP contribution in [0.1, 0.15) is 24.2 Å². The number of hydrogen-bond acceptors (Lipinski definition) is 4. The van der Waals surface area contributed by atoms with Crippen LogP contribution < -0.4 is 5.32 Å². The molecular weight excluding hydrogens is 236 g/mol. The lowest BCUT2D eigenvalue weighted by molar-refractivity contribution is -0.143. The topological polar surface area (TPSA) is 108 Å². The summed E-state index contributed by atoms with van der Waals surface area (Å²) in [5.41, 5.74) is 0.209. The van der Waals surface area contributed by atoms with Crippen molar-refractivity contribution >= 4 is 22.9 Å². The van der Waals surface area contributed by atoms with Crippen molar-refractivity contribution in [1.29, 1.82) is 0 Å². The second-order valence-electron chi connectivity index (χ2n) is 4.41. The molecule has 0 aliphatic carbocycles. The van der Waals surface area contributed by atoms with Crippen LogP contribution in [0.3, 0.4) is 0 Å². The Morgan fingerprint density at radius 1 is 1.28 bits per heavy atom. The van der Waals surface area contributed by atoms with E-state index in [2.05, 4.69) is 20.7 Å². The molecule has 1 aromatic heterocycles. The summed E-state index contributed by atoms with van der Waals surface area (Å²) in [5.74, 6) is -1.56. The number of amides is 1. The predicted molar refractivity (Wildman–Crippen MR) is 63.1 cm³/mol. The van der Waals surface area contributed by atoms with Gasteiger partial charge in [-0.15, -0.1) is 0 Å². The van der Waals surface area contributed by atoms with Crippen molar-refractivity contribution in [2.45, 2.75) is 19.4 Å². The number of carbonyl (C=O) groups is 2. The van der Waals surface area contributed by atoms with Crippen molar-refractivity contribution in [3.05, 3.63) is 23.8 Å². The third-order valence-corrected chi connectivity index (χ3v) is 2.54. The quantitative estimate of drug-likeness (QED) is 0.735. The van der Waals surface area contributed by atoms with Crippen LogP contribution in [0.4, 0.5) is 0 Å². The second-order valence-corrected chi connectivity index (χ2v) is 4.41. The van der Waals surface area contributed by atoms with E-state index in [0.717, 1.165) is 0 Å². The minimum atomic E-state index is -1.32. The average Bonchev–Trinajstić information content (AvgIpc) is 2.74. The molecule has 2 rings (SSSR count). The number of nitrogens with zero attached hydrogens (tertiary/aromatic N) is 2. The maximum Gasteiger partial charge on any atom is 0.328 e. The molecule has 18 heavy (non-hydrogen) atoms. The molecule has 0 aliphatic rings. The van der Waals surface area contributed by atoms with Crippen molar-refractivity contribution in [3.63, 3.8) is 0 Å². The van der Waals surface area contributed by atoms with E-state index in [4.69, 9.17) is 5.11 Å². The lowest BCUT2D eigenvalue weighted by Gasteiger charge is -2.20. The van der Waals surface area contributed by atoms with Gasteiger partial charge in [-0.05, 0) is 32.0 Å². The Kier molecular flexibility index (Phi) is 2.74. The predicted octanol–water partition coefficient (Wildman–Crippen LogP) is 0.551. The molecule has 0 saturated carbocycles. The number of aromatic amines is 1. The molecule has 0 bridgehead atoms. The van der Waals surface area contributed by atoms with Crippen LogP contribution >= 0.6 is 0 Å². The molecule has 0 spiro atoms. The van der Waals surface area contributed by atoms with Gasteiger partial charge in [0.05, 0.1) is 0 Å². The van der Waals surface area contributed by atoms with Gasteiger partial charge in [0, 0.05) is 5.56 Å². The molecule has 1 aromatic carbocycles. The Bertz CT molecular complexity index is 618. The lowest BCUT2D eigenvalue weighted by Crippen LogP contribution is -2.49. The summed E-state index contributed by atoms with van der Waals surface area (Å²) < 4.78 is 0. The van der Waals surface area contributed by atoms with E-state index in [1.54, 1.807) is 18.2 Å². The Morgan fingerprint density at radius 3 is 2.61 bits per heavy atom. The molecule has 0 aliphatic heterocycles. The van der Waals surface area contributed by atoms with Crippen LogP contribution in [0.5, 0.6) is 0 Å². The van der Waals surface area contributed by atoms with Crippen molar-refractivity contribution in [3.8, 4) is 0 Å². The molecule has 7 heteroatoms. The summed E-state index contributed by atoms with van der Waals surface area (Å²) in [6, 6.07) is 4.76. The molecule has 2 aromatic rings. The molecule has 1 heterocycles. The fourth-order valence-corrected chi connectivity index (χ4v) is 1.39. The Hall–Kier alpha value is -2.44. The van der Waals surface area contributed by atoms with E-state index in [1.165, 1.54) is 13.8 Å². The van der Waals surface area contributed by atoms with Gasteiger partial charge in [-0.1, -0.05) is 0 Å². The monoisotopic (exact) mass is 248 g/mol. The number of H-pyrrole nitrogens is 1. The third kappa shape index (κ3) is 2.15. The lowest BCUT2D eigenvalue weighted by atomic mass is 10.1. The van der Waals surface area contributed by atoms with Gasteiger partial charge in [-0.3, -0.25) is 4.79 Å². The highest BCUT2D eigenvalue weighted by atomic mass is 16.4. The smallest absolute Gasteiger partial charge is 0.328 e. The fraction of sp³-hybridized carbons (Fsp3) is 0.273. The first-order valence-corrected chi connectivity index (χ1v) is 5.26. The standard InChI is InChI=1S/C11H12N4O3/c1-11(2,10(17)18)12-9(16)6-3-4-7-8(5-6)14-15-13-7/h3-5H,1-2H3,(H,12,16)(H,17,18)(H,13,14,15). The van der Waals surface area contributed by atoms with Crippen LogP contribution in [0.25, 0.3) is 11.0 Å². The van der Waals surface area contributed by atoms with Gasteiger partial charge < -0.3 is 10.4 Å². The van der Waals surface area contributed by atoms with E-state index < -0.39 is 17.4 Å². The molecule has 3 N–H and O–H groups in total. The molecule has 0 saturated heterocycles. The molecule has 0 atom stereocenters. The molecule has 7 nitrogen and oxygen atoms in total. The molecule has 0 radical (unpaired) electrons. The SMILES string of the molecule is CC(C)(NC(=O)c1ccc2n[nH]nc2c1)C(=O)O. The van der Waals surface area contributed by atoms with Crippen LogP contribution in [0.15, 0.2) is 18.2 Å². The first-order valence-electron chi connectivity index (χ1n) is 5.26. The maximum atomic E-state index is 11.9. The van der Waals surface area contributed by atoms with E-state index in [0.29, 0.717) is 16.6 Å². The Balaban J connectivity index is 2.25. The summed E-state index contributed by atoms with van der Waals surface area (Å²) >= 11 is 0. The summed E-state index contributed by atoms with van der Waals surface area (Å²) in [5, 5.41) is 21.5. The van der Waals surface area contributed by atoms with Gasteiger partial charge >= 0.3 is 5.97 Å². The molecule has 1 amide bonds. The van der Waals surface area contributed by atoms with Gasteiger partial charge in [0.1, 0.15) is 16.6 Å². The first-order chi connectivity index (χ1) is 8.40.